The lowest BCUT2D eigenvalue weighted by molar-refractivity contribution is -0.133. The van der Waals surface area contributed by atoms with E-state index in [1.165, 1.54) is 0 Å². The summed E-state index contributed by atoms with van der Waals surface area (Å²) in [6.07, 6.45) is 5.61. The van der Waals surface area contributed by atoms with Gasteiger partial charge in [0, 0.05) is 71.9 Å². The van der Waals surface area contributed by atoms with Gasteiger partial charge >= 0.3 is 0 Å². The van der Waals surface area contributed by atoms with Crippen molar-refractivity contribution in [2.75, 3.05) is 58.4 Å². The van der Waals surface area contributed by atoms with Gasteiger partial charge in [-0.25, -0.2) is 9.97 Å². The van der Waals surface area contributed by atoms with Crippen molar-refractivity contribution in [1.29, 1.82) is 0 Å². The van der Waals surface area contributed by atoms with E-state index in [1.807, 2.05) is 20.2 Å². The summed E-state index contributed by atoms with van der Waals surface area (Å²) >= 11 is 0. The monoisotopic (exact) mass is 333 g/mol. The van der Waals surface area contributed by atoms with Crippen LogP contribution in [0, 0.1) is 5.92 Å². The summed E-state index contributed by atoms with van der Waals surface area (Å²) in [4.78, 5) is 27.7. The lowest BCUT2D eigenvalue weighted by atomic mass is 10.0. The minimum Gasteiger partial charge on any atom is -0.381 e. The van der Waals surface area contributed by atoms with Gasteiger partial charge in [0.1, 0.15) is 0 Å². The molecule has 3 rings (SSSR count). The van der Waals surface area contributed by atoms with Gasteiger partial charge in [0.25, 0.3) is 0 Å². The minimum atomic E-state index is -0.0610. The molecule has 3 heterocycles. The van der Waals surface area contributed by atoms with Gasteiger partial charge in [-0.15, -0.1) is 0 Å². The van der Waals surface area contributed by atoms with Crippen LogP contribution in [-0.2, 0) is 9.53 Å². The molecule has 1 amide bonds. The van der Waals surface area contributed by atoms with E-state index in [0.29, 0.717) is 18.5 Å². The predicted octanol–water partition coefficient (Wildman–Crippen LogP) is 0.482. The molecule has 1 atom stereocenters. The molecule has 132 valence electrons. The Morgan fingerprint density at radius 2 is 1.88 bits per heavy atom. The highest BCUT2D eigenvalue weighted by Gasteiger charge is 2.33. The van der Waals surface area contributed by atoms with Crippen LogP contribution in [0.15, 0.2) is 18.5 Å². The molecule has 2 aliphatic heterocycles. The van der Waals surface area contributed by atoms with Gasteiger partial charge in [-0.05, 0) is 18.9 Å². The van der Waals surface area contributed by atoms with Crippen LogP contribution in [0.5, 0.6) is 0 Å². The molecule has 0 aromatic carbocycles. The SMILES string of the molecule is CN(C)C(=O)[C@@H]1CN(c2ncccn2)CCN(C2CCOCC2)C1. The number of carbonyl (C=O) groups excluding carboxylic acids is 1. The first kappa shape index (κ1) is 17.1. The third-order valence-electron chi connectivity index (χ3n) is 4.89. The molecule has 2 aliphatic rings. The second-order valence-electron chi connectivity index (χ2n) is 6.76. The molecule has 24 heavy (non-hydrogen) atoms. The number of aromatic nitrogens is 2. The molecule has 0 radical (unpaired) electrons. The summed E-state index contributed by atoms with van der Waals surface area (Å²) in [7, 11) is 3.66. The number of hydrogen-bond donors (Lipinski definition) is 0. The molecule has 1 aromatic rings. The minimum absolute atomic E-state index is 0.0610. The molecule has 0 spiro atoms. The Labute approximate surface area is 143 Å². The zero-order valence-corrected chi connectivity index (χ0v) is 14.6. The summed E-state index contributed by atoms with van der Waals surface area (Å²) in [5, 5.41) is 0. The average molecular weight is 333 g/mol. The van der Waals surface area contributed by atoms with Gasteiger partial charge in [-0.3, -0.25) is 9.69 Å². The summed E-state index contributed by atoms with van der Waals surface area (Å²) in [6.45, 7) is 4.88. The van der Waals surface area contributed by atoms with Gasteiger partial charge in [0.15, 0.2) is 0 Å². The topological polar surface area (TPSA) is 61.8 Å². The Morgan fingerprint density at radius 1 is 1.17 bits per heavy atom. The average Bonchev–Trinajstić information content (AvgIpc) is 2.86. The van der Waals surface area contributed by atoms with Crippen LogP contribution in [0.4, 0.5) is 5.95 Å². The zero-order chi connectivity index (χ0) is 16.9. The van der Waals surface area contributed by atoms with Crippen LogP contribution in [0.3, 0.4) is 0 Å². The van der Waals surface area contributed by atoms with Crippen LogP contribution in [0.1, 0.15) is 12.8 Å². The van der Waals surface area contributed by atoms with Crippen LogP contribution in [-0.4, -0.2) is 85.2 Å². The largest absolute Gasteiger partial charge is 0.381 e. The molecule has 0 saturated carbocycles. The number of rotatable bonds is 3. The highest BCUT2D eigenvalue weighted by molar-refractivity contribution is 5.79. The molecular formula is C17H27N5O2. The number of anilines is 1. The van der Waals surface area contributed by atoms with E-state index in [0.717, 1.165) is 45.7 Å². The second kappa shape index (κ2) is 7.90. The number of amides is 1. The summed E-state index contributed by atoms with van der Waals surface area (Å²) in [6, 6.07) is 2.32. The lowest BCUT2D eigenvalue weighted by Gasteiger charge is -2.34. The Balaban J connectivity index is 1.77. The highest BCUT2D eigenvalue weighted by atomic mass is 16.5. The standard InChI is InChI=1S/C17H27N5O2/c1-20(2)16(23)14-12-21(15-4-10-24-11-5-15)8-9-22(13-14)17-18-6-3-7-19-17/h3,6-7,14-15H,4-5,8-13H2,1-2H3/t14-/m0/s1. The second-order valence-corrected chi connectivity index (χ2v) is 6.76. The Kier molecular flexibility index (Phi) is 5.63. The molecule has 2 saturated heterocycles. The molecule has 1 aromatic heterocycles. The maximum atomic E-state index is 12.7. The molecule has 7 heteroatoms. The molecule has 2 fully saturated rings. The van der Waals surface area contributed by atoms with Crippen LogP contribution < -0.4 is 4.90 Å². The third kappa shape index (κ3) is 4.02. The van der Waals surface area contributed by atoms with E-state index < -0.39 is 0 Å². The smallest absolute Gasteiger partial charge is 0.228 e. The van der Waals surface area contributed by atoms with Crippen molar-refractivity contribution in [2.45, 2.75) is 18.9 Å². The van der Waals surface area contributed by atoms with Crippen molar-refractivity contribution in [2.24, 2.45) is 5.92 Å². The van der Waals surface area contributed by atoms with Gasteiger partial charge in [0.2, 0.25) is 11.9 Å². The molecule has 7 nitrogen and oxygen atoms in total. The Morgan fingerprint density at radius 3 is 2.54 bits per heavy atom. The first-order valence-corrected chi connectivity index (χ1v) is 8.70. The van der Waals surface area contributed by atoms with Gasteiger partial charge in [0.05, 0.1) is 5.92 Å². The van der Waals surface area contributed by atoms with E-state index in [1.54, 1.807) is 17.3 Å². The van der Waals surface area contributed by atoms with E-state index in [2.05, 4.69) is 19.8 Å². The fourth-order valence-corrected chi connectivity index (χ4v) is 3.58. The fourth-order valence-electron chi connectivity index (χ4n) is 3.58. The number of ether oxygens (including phenoxy) is 1. The molecular weight excluding hydrogens is 306 g/mol. The van der Waals surface area contributed by atoms with Crippen LogP contribution in [0.2, 0.25) is 0 Å². The molecule has 0 unspecified atom stereocenters. The molecule has 0 aliphatic carbocycles. The first-order chi connectivity index (χ1) is 11.6. The number of nitrogens with zero attached hydrogens (tertiary/aromatic N) is 5. The van der Waals surface area contributed by atoms with E-state index >= 15 is 0 Å². The third-order valence-corrected chi connectivity index (χ3v) is 4.89. The summed E-state index contributed by atoms with van der Waals surface area (Å²) < 4.78 is 5.49. The van der Waals surface area contributed by atoms with Gasteiger partial charge in [-0.1, -0.05) is 0 Å². The number of hydrogen-bond acceptors (Lipinski definition) is 6. The Hall–Kier alpha value is -1.73. The maximum Gasteiger partial charge on any atom is 0.228 e. The zero-order valence-electron chi connectivity index (χ0n) is 14.6. The summed E-state index contributed by atoms with van der Waals surface area (Å²) in [5.74, 6) is 0.826. The van der Waals surface area contributed by atoms with Gasteiger partial charge in [-0.2, -0.15) is 0 Å². The lowest BCUT2D eigenvalue weighted by Crippen LogP contribution is -2.45. The van der Waals surface area contributed by atoms with Crippen molar-refractivity contribution in [1.82, 2.24) is 19.8 Å². The normalized spacial score (nSPS) is 23.8. The van der Waals surface area contributed by atoms with Crippen LogP contribution in [0.25, 0.3) is 0 Å². The van der Waals surface area contributed by atoms with E-state index in [4.69, 9.17) is 4.74 Å². The molecule has 0 N–H and O–H groups in total. The number of carbonyl (C=O) groups is 1. The highest BCUT2D eigenvalue weighted by Crippen LogP contribution is 2.21. The van der Waals surface area contributed by atoms with Crippen molar-refractivity contribution in [3.05, 3.63) is 18.5 Å². The van der Waals surface area contributed by atoms with Crippen molar-refractivity contribution in [3.8, 4) is 0 Å². The van der Waals surface area contributed by atoms with Crippen molar-refractivity contribution in [3.63, 3.8) is 0 Å². The van der Waals surface area contributed by atoms with E-state index in [9.17, 15) is 4.79 Å². The quantitative estimate of drug-likeness (QED) is 0.802. The molecule has 0 bridgehead atoms. The van der Waals surface area contributed by atoms with Crippen LogP contribution >= 0.6 is 0 Å². The van der Waals surface area contributed by atoms with E-state index in [-0.39, 0.29) is 11.8 Å². The maximum absolute atomic E-state index is 12.7. The first-order valence-electron chi connectivity index (χ1n) is 8.70. The van der Waals surface area contributed by atoms with Gasteiger partial charge < -0.3 is 14.5 Å². The summed E-state index contributed by atoms with van der Waals surface area (Å²) in [5.41, 5.74) is 0. The fraction of sp³-hybridized carbons (Fsp3) is 0.706. The Bertz CT molecular complexity index is 533. The predicted molar refractivity (Wildman–Crippen MR) is 91.8 cm³/mol. The van der Waals surface area contributed by atoms with Crippen molar-refractivity contribution < 1.29 is 9.53 Å². The van der Waals surface area contributed by atoms with Crippen molar-refractivity contribution >= 4 is 11.9 Å².